The number of aliphatic hydroxyl groups excluding tert-OH is 2. The zero-order valence-corrected chi connectivity index (χ0v) is 17.6. The molecule has 0 unspecified atom stereocenters. The smallest absolute Gasteiger partial charge is 0.251 e. The van der Waals surface area contributed by atoms with Gasteiger partial charge in [0.05, 0.1) is 5.41 Å². The monoisotopic (exact) mass is 389 g/mol. The Bertz CT molecular complexity index is 1040. The topological polar surface area (TPSA) is 46.7 Å². The van der Waals surface area contributed by atoms with Crippen LogP contribution in [-0.4, -0.2) is 34.0 Å². The summed E-state index contributed by atoms with van der Waals surface area (Å²) in [5, 5.41) is 20.0. The Kier molecular flexibility index (Phi) is 4.72. The molecule has 4 rings (SSSR count). The zero-order valence-electron chi connectivity index (χ0n) is 17.6. The number of hydrogen-bond donors (Lipinski definition) is 2. The highest BCUT2D eigenvalue weighted by atomic mass is 16.3. The first-order valence-electron chi connectivity index (χ1n) is 10.1. The molecule has 0 radical (unpaired) electrons. The van der Waals surface area contributed by atoms with Gasteiger partial charge >= 0.3 is 0 Å². The van der Waals surface area contributed by atoms with E-state index >= 15 is 0 Å². The van der Waals surface area contributed by atoms with E-state index < -0.39 is 0 Å². The Morgan fingerprint density at radius 3 is 2.24 bits per heavy atom. The highest BCUT2D eigenvalue weighted by Gasteiger charge is 2.44. The molecule has 2 aromatic rings. The Balaban J connectivity index is 1.74. The molecule has 2 aromatic carbocycles. The predicted molar refractivity (Wildman–Crippen MR) is 118 cm³/mol. The summed E-state index contributed by atoms with van der Waals surface area (Å²) in [6, 6.07) is 16.5. The Morgan fingerprint density at radius 2 is 1.55 bits per heavy atom. The molecular formula is C25H29N2O2+. The van der Waals surface area contributed by atoms with Gasteiger partial charge in [-0.3, -0.25) is 0 Å². The molecule has 150 valence electrons. The Hall–Kier alpha value is -2.69. The molecule has 29 heavy (non-hydrogen) atoms. The van der Waals surface area contributed by atoms with Crippen LogP contribution in [-0.2, 0) is 10.8 Å². The van der Waals surface area contributed by atoms with Gasteiger partial charge in [0.1, 0.15) is 6.73 Å². The summed E-state index contributed by atoms with van der Waals surface area (Å²) >= 11 is 0. The molecule has 4 heteroatoms. The fourth-order valence-corrected chi connectivity index (χ4v) is 4.82. The number of nitrogens with zero attached hydrogens (tertiary/aromatic N) is 2. The van der Waals surface area contributed by atoms with Crippen molar-refractivity contribution >= 4 is 17.1 Å². The molecule has 0 aliphatic carbocycles. The van der Waals surface area contributed by atoms with Gasteiger partial charge < -0.3 is 15.1 Å². The average Bonchev–Trinajstić information content (AvgIpc) is 3.07. The predicted octanol–water partition coefficient (Wildman–Crippen LogP) is 4.20. The first-order chi connectivity index (χ1) is 13.8. The number of benzene rings is 2. The highest BCUT2D eigenvalue weighted by molar-refractivity contribution is 6.03. The molecular weight excluding hydrogens is 360 g/mol. The van der Waals surface area contributed by atoms with Gasteiger partial charge in [-0.25, -0.2) is 0 Å². The second-order valence-electron chi connectivity index (χ2n) is 8.72. The maximum Gasteiger partial charge on any atom is 0.251 e. The van der Waals surface area contributed by atoms with Gasteiger partial charge in [0.15, 0.2) is 5.71 Å². The first-order valence-corrected chi connectivity index (χ1v) is 10.1. The molecule has 0 aromatic heterocycles. The number of para-hydroxylation sites is 2. The van der Waals surface area contributed by atoms with Crippen molar-refractivity contribution in [3.8, 4) is 0 Å². The van der Waals surface area contributed by atoms with E-state index in [0.29, 0.717) is 0 Å². The standard InChI is InChI=1S/C25H29N2O2/c1-24(2)18-10-5-7-12-20(18)26(16-28)22(24)14-9-15-23-25(3,4)19-11-6-8-13-21(19)27(23)17-29/h5-15,28-29H,16-17H2,1-4H3/q+1. The van der Waals surface area contributed by atoms with E-state index in [1.54, 1.807) is 0 Å². The van der Waals surface area contributed by atoms with E-state index in [4.69, 9.17) is 0 Å². The van der Waals surface area contributed by atoms with E-state index in [1.807, 2.05) is 39.8 Å². The largest absolute Gasteiger partial charge is 0.376 e. The van der Waals surface area contributed by atoms with E-state index in [0.717, 1.165) is 22.8 Å². The number of fused-ring (bicyclic) bond motifs is 2. The third kappa shape index (κ3) is 2.86. The van der Waals surface area contributed by atoms with Crippen LogP contribution < -0.4 is 4.90 Å². The number of allylic oxidation sites excluding steroid dienone is 4. The van der Waals surface area contributed by atoms with E-state index in [1.165, 1.54) is 11.1 Å². The second kappa shape index (κ2) is 6.97. The molecule has 0 fully saturated rings. The molecule has 0 atom stereocenters. The lowest BCUT2D eigenvalue weighted by Gasteiger charge is -2.25. The quantitative estimate of drug-likeness (QED) is 0.771. The SMILES string of the molecule is CC1(C)C(/C=C/C=C2\N(CO)c3ccccc3C2(C)C)=[N+](CO)c2ccccc21. The molecule has 0 bridgehead atoms. The fourth-order valence-electron chi connectivity index (χ4n) is 4.82. The van der Waals surface area contributed by atoms with Crippen molar-refractivity contribution in [3.63, 3.8) is 0 Å². The third-order valence-corrected chi connectivity index (χ3v) is 6.39. The number of rotatable bonds is 4. The van der Waals surface area contributed by atoms with Crippen molar-refractivity contribution in [2.45, 2.75) is 38.5 Å². The molecule has 4 nitrogen and oxygen atoms in total. The minimum atomic E-state index is -0.195. The average molecular weight is 390 g/mol. The van der Waals surface area contributed by atoms with Crippen LogP contribution in [0.4, 0.5) is 11.4 Å². The summed E-state index contributed by atoms with van der Waals surface area (Å²) in [6.07, 6.45) is 6.20. The van der Waals surface area contributed by atoms with Crippen molar-refractivity contribution < 1.29 is 14.8 Å². The molecule has 0 saturated heterocycles. The van der Waals surface area contributed by atoms with Crippen molar-refractivity contribution in [1.29, 1.82) is 0 Å². The summed E-state index contributed by atoms with van der Waals surface area (Å²) in [5.74, 6) is 0. The molecule has 2 heterocycles. The normalized spacial score (nSPS) is 20.6. The molecule has 2 N–H and O–H groups in total. The molecule has 2 aliphatic rings. The summed E-state index contributed by atoms with van der Waals surface area (Å²) in [6.45, 7) is 8.62. The fraction of sp³-hybridized carbons (Fsp3) is 0.320. The van der Waals surface area contributed by atoms with Crippen LogP contribution in [0.15, 0.2) is 72.5 Å². The summed E-state index contributed by atoms with van der Waals surface area (Å²) < 4.78 is 1.96. The van der Waals surface area contributed by atoms with Crippen LogP contribution in [0.2, 0.25) is 0 Å². The Morgan fingerprint density at radius 1 is 0.897 bits per heavy atom. The van der Waals surface area contributed by atoms with Crippen LogP contribution in [0.25, 0.3) is 0 Å². The summed E-state index contributed by atoms with van der Waals surface area (Å²) in [7, 11) is 0. The summed E-state index contributed by atoms with van der Waals surface area (Å²) in [5.41, 5.74) is 6.26. The molecule has 0 amide bonds. The van der Waals surface area contributed by atoms with Gasteiger partial charge in [-0.05, 0) is 31.6 Å². The van der Waals surface area contributed by atoms with Gasteiger partial charge in [0.25, 0.3) is 6.73 Å². The van der Waals surface area contributed by atoms with Gasteiger partial charge in [-0.15, -0.1) is 0 Å². The van der Waals surface area contributed by atoms with E-state index in [9.17, 15) is 10.2 Å². The molecule has 2 aliphatic heterocycles. The van der Waals surface area contributed by atoms with Crippen LogP contribution in [0, 0.1) is 0 Å². The zero-order chi connectivity index (χ0) is 20.8. The van der Waals surface area contributed by atoms with Gasteiger partial charge in [0, 0.05) is 34.5 Å². The van der Waals surface area contributed by atoms with Gasteiger partial charge in [-0.1, -0.05) is 56.3 Å². The van der Waals surface area contributed by atoms with E-state index in [2.05, 4.69) is 64.1 Å². The lowest BCUT2D eigenvalue weighted by Crippen LogP contribution is -2.28. The Labute approximate surface area is 172 Å². The van der Waals surface area contributed by atoms with Crippen molar-refractivity contribution in [2.75, 3.05) is 18.4 Å². The lowest BCUT2D eigenvalue weighted by molar-refractivity contribution is -0.482. The van der Waals surface area contributed by atoms with Gasteiger partial charge in [0.2, 0.25) is 5.69 Å². The third-order valence-electron chi connectivity index (χ3n) is 6.39. The first kappa shape index (κ1) is 19.6. The van der Waals surface area contributed by atoms with Crippen molar-refractivity contribution in [2.24, 2.45) is 0 Å². The van der Waals surface area contributed by atoms with Crippen LogP contribution in [0.3, 0.4) is 0 Å². The van der Waals surface area contributed by atoms with Crippen molar-refractivity contribution in [1.82, 2.24) is 0 Å². The van der Waals surface area contributed by atoms with Gasteiger partial charge in [-0.2, -0.15) is 4.58 Å². The summed E-state index contributed by atoms with van der Waals surface area (Å²) in [4.78, 5) is 1.96. The number of hydrogen-bond acceptors (Lipinski definition) is 3. The number of aliphatic hydroxyl groups is 2. The molecule has 0 saturated carbocycles. The van der Waals surface area contributed by atoms with Crippen LogP contribution >= 0.6 is 0 Å². The minimum absolute atomic E-state index is 0.0591. The second-order valence-corrected chi connectivity index (χ2v) is 8.72. The highest BCUT2D eigenvalue weighted by Crippen LogP contribution is 2.47. The minimum Gasteiger partial charge on any atom is -0.376 e. The van der Waals surface area contributed by atoms with Crippen molar-refractivity contribution in [3.05, 3.63) is 83.6 Å². The maximum atomic E-state index is 10.0. The molecule has 0 spiro atoms. The number of anilines is 1. The van der Waals surface area contributed by atoms with E-state index in [-0.39, 0.29) is 24.3 Å². The lowest BCUT2D eigenvalue weighted by atomic mass is 9.81. The van der Waals surface area contributed by atoms with Crippen LogP contribution in [0.5, 0.6) is 0 Å². The van der Waals surface area contributed by atoms with Crippen LogP contribution in [0.1, 0.15) is 38.8 Å². The maximum absolute atomic E-state index is 10.0.